The molecule has 19 heavy (non-hydrogen) atoms. The van der Waals surface area contributed by atoms with Crippen molar-refractivity contribution in [2.75, 3.05) is 14.2 Å². The van der Waals surface area contributed by atoms with Crippen LogP contribution in [0.5, 0.6) is 34.5 Å². The lowest BCUT2D eigenvalue weighted by molar-refractivity contribution is 0.315. The highest BCUT2D eigenvalue weighted by molar-refractivity contribution is 5.65. The van der Waals surface area contributed by atoms with Crippen LogP contribution in [0, 0.1) is 0 Å². The number of benzene rings is 2. The molecule has 2 aromatic rings. The molecule has 100 valence electrons. The molecule has 0 aliphatic carbocycles. The number of phenols is 2. The Morgan fingerprint density at radius 1 is 0.895 bits per heavy atom. The molecule has 2 aromatic carbocycles. The first-order chi connectivity index (χ1) is 9.17. The van der Waals surface area contributed by atoms with Crippen LogP contribution in [0.1, 0.15) is 0 Å². The largest absolute Gasteiger partial charge is 0.504 e. The number of hydrogen-bond acceptors (Lipinski definition) is 5. The van der Waals surface area contributed by atoms with Gasteiger partial charge in [-0.15, -0.1) is 0 Å². The third-order valence-corrected chi connectivity index (χ3v) is 2.54. The summed E-state index contributed by atoms with van der Waals surface area (Å²) in [4.78, 5) is 0. The van der Waals surface area contributed by atoms with Crippen LogP contribution >= 0.6 is 0 Å². The second kappa shape index (κ2) is 5.39. The quantitative estimate of drug-likeness (QED) is 0.886. The minimum atomic E-state index is -0.316. The molecule has 0 saturated carbocycles. The van der Waals surface area contributed by atoms with Gasteiger partial charge < -0.3 is 24.4 Å². The van der Waals surface area contributed by atoms with Gasteiger partial charge in [0.05, 0.1) is 14.2 Å². The van der Waals surface area contributed by atoms with Gasteiger partial charge in [-0.05, 0) is 12.1 Å². The maximum Gasteiger partial charge on any atom is 0.215 e. The molecule has 0 spiro atoms. The molecule has 5 nitrogen and oxygen atoms in total. The summed E-state index contributed by atoms with van der Waals surface area (Å²) in [6, 6.07) is 10.2. The Morgan fingerprint density at radius 2 is 1.58 bits per heavy atom. The van der Waals surface area contributed by atoms with Crippen molar-refractivity contribution < 1.29 is 24.4 Å². The smallest absolute Gasteiger partial charge is 0.215 e. The van der Waals surface area contributed by atoms with Crippen LogP contribution in [0.25, 0.3) is 0 Å². The van der Waals surface area contributed by atoms with Gasteiger partial charge in [-0.25, -0.2) is 0 Å². The molecule has 0 fully saturated rings. The molecule has 2 rings (SSSR count). The first-order valence-corrected chi connectivity index (χ1v) is 5.57. The molecule has 0 atom stereocenters. The highest BCUT2D eigenvalue weighted by atomic mass is 16.5. The van der Waals surface area contributed by atoms with Crippen molar-refractivity contribution in [2.24, 2.45) is 0 Å². The summed E-state index contributed by atoms with van der Waals surface area (Å²) < 4.78 is 15.6. The molecule has 0 aromatic heterocycles. The predicted octanol–water partition coefficient (Wildman–Crippen LogP) is 2.91. The van der Waals surface area contributed by atoms with Gasteiger partial charge in [0.15, 0.2) is 11.5 Å². The topological polar surface area (TPSA) is 68.2 Å². The second-order valence-corrected chi connectivity index (χ2v) is 3.72. The maximum atomic E-state index is 10.1. The number of hydrogen-bond donors (Lipinski definition) is 2. The van der Waals surface area contributed by atoms with E-state index in [0.717, 1.165) is 0 Å². The van der Waals surface area contributed by atoms with Gasteiger partial charge in [-0.3, -0.25) is 0 Å². The number of rotatable bonds is 4. The molecule has 5 heteroatoms. The zero-order chi connectivity index (χ0) is 13.8. The van der Waals surface area contributed by atoms with E-state index >= 15 is 0 Å². The van der Waals surface area contributed by atoms with E-state index in [1.54, 1.807) is 24.3 Å². The first kappa shape index (κ1) is 12.9. The molecule has 0 bridgehead atoms. The third kappa shape index (κ3) is 2.49. The highest BCUT2D eigenvalue weighted by Crippen LogP contribution is 2.50. The Morgan fingerprint density at radius 3 is 2.16 bits per heavy atom. The Labute approximate surface area is 110 Å². The fraction of sp³-hybridized carbons (Fsp3) is 0.143. The Bertz CT molecular complexity index is 566. The van der Waals surface area contributed by atoms with Gasteiger partial charge in [0.25, 0.3) is 0 Å². The van der Waals surface area contributed by atoms with Crippen molar-refractivity contribution in [3.63, 3.8) is 0 Å². The number of phenolic OH excluding ortho intramolecular Hbond substituents is 2. The van der Waals surface area contributed by atoms with E-state index in [1.807, 2.05) is 6.07 Å². The molecular weight excluding hydrogens is 248 g/mol. The van der Waals surface area contributed by atoms with Crippen LogP contribution in [-0.4, -0.2) is 24.4 Å². The molecular formula is C14H14O5. The molecule has 0 amide bonds. The van der Waals surface area contributed by atoms with Crippen LogP contribution in [0.4, 0.5) is 0 Å². The van der Waals surface area contributed by atoms with Crippen LogP contribution in [-0.2, 0) is 0 Å². The lowest BCUT2D eigenvalue weighted by Crippen LogP contribution is -1.94. The van der Waals surface area contributed by atoms with Gasteiger partial charge in [0.1, 0.15) is 5.75 Å². The predicted molar refractivity (Wildman–Crippen MR) is 69.4 cm³/mol. The van der Waals surface area contributed by atoms with Gasteiger partial charge >= 0.3 is 0 Å². The van der Waals surface area contributed by atoms with E-state index in [4.69, 9.17) is 14.2 Å². The maximum absolute atomic E-state index is 10.1. The van der Waals surface area contributed by atoms with E-state index in [0.29, 0.717) is 5.75 Å². The van der Waals surface area contributed by atoms with Crippen LogP contribution < -0.4 is 14.2 Å². The Hall–Kier alpha value is -2.56. The molecule has 0 heterocycles. The zero-order valence-corrected chi connectivity index (χ0v) is 10.6. The molecule has 0 aliphatic rings. The van der Waals surface area contributed by atoms with Crippen molar-refractivity contribution in [3.05, 3.63) is 36.4 Å². The fourth-order valence-electron chi connectivity index (χ4n) is 1.65. The fourth-order valence-corrected chi connectivity index (χ4v) is 1.65. The average Bonchev–Trinajstić information content (AvgIpc) is 2.43. The number of methoxy groups -OCH3 is 2. The van der Waals surface area contributed by atoms with E-state index in [2.05, 4.69) is 0 Å². The van der Waals surface area contributed by atoms with Crippen LogP contribution in [0.3, 0.4) is 0 Å². The molecule has 2 N–H and O–H groups in total. The summed E-state index contributed by atoms with van der Waals surface area (Å²) in [5, 5.41) is 19.7. The molecule has 0 saturated heterocycles. The van der Waals surface area contributed by atoms with Gasteiger partial charge in [-0.1, -0.05) is 18.2 Å². The number of para-hydroxylation sites is 1. The third-order valence-electron chi connectivity index (χ3n) is 2.54. The summed E-state index contributed by atoms with van der Waals surface area (Å²) in [5.41, 5.74) is 0. The summed E-state index contributed by atoms with van der Waals surface area (Å²) in [6.07, 6.45) is 0. The van der Waals surface area contributed by atoms with Crippen molar-refractivity contribution in [1.29, 1.82) is 0 Å². The van der Waals surface area contributed by atoms with Crippen molar-refractivity contribution in [2.45, 2.75) is 0 Å². The summed E-state index contributed by atoms with van der Waals surface area (Å²) in [6.45, 7) is 0. The highest BCUT2D eigenvalue weighted by Gasteiger charge is 2.20. The lowest BCUT2D eigenvalue weighted by atomic mass is 10.2. The van der Waals surface area contributed by atoms with E-state index in [1.165, 1.54) is 20.3 Å². The SMILES string of the molecule is COc1cc(O)c(OC)c(O)c1Oc1ccccc1. The number of ether oxygens (including phenoxy) is 3. The summed E-state index contributed by atoms with van der Waals surface area (Å²) in [7, 11) is 2.76. The van der Waals surface area contributed by atoms with Crippen molar-refractivity contribution in [3.8, 4) is 34.5 Å². The molecule has 0 aliphatic heterocycles. The van der Waals surface area contributed by atoms with E-state index in [-0.39, 0.29) is 28.7 Å². The van der Waals surface area contributed by atoms with Crippen LogP contribution in [0.2, 0.25) is 0 Å². The van der Waals surface area contributed by atoms with Crippen molar-refractivity contribution >= 4 is 0 Å². The van der Waals surface area contributed by atoms with Crippen molar-refractivity contribution in [1.82, 2.24) is 0 Å². The van der Waals surface area contributed by atoms with Crippen LogP contribution in [0.15, 0.2) is 36.4 Å². The lowest BCUT2D eigenvalue weighted by Gasteiger charge is -2.15. The summed E-state index contributed by atoms with van der Waals surface area (Å²) >= 11 is 0. The first-order valence-electron chi connectivity index (χ1n) is 5.57. The number of aromatic hydroxyl groups is 2. The Kier molecular flexibility index (Phi) is 3.66. The van der Waals surface area contributed by atoms with Gasteiger partial charge in [0.2, 0.25) is 17.2 Å². The standard InChI is InChI=1S/C14H14O5/c1-17-11-8-10(15)13(18-2)12(16)14(11)19-9-6-4-3-5-7-9/h3-8,15-16H,1-2H3. The minimum absolute atomic E-state index is 0.0632. The van der Waals surface area contributed by atoms with Gasteiger partial charge in [0, 0.05) is 6.07 Å². The molecule has 0 radical (unpaired) electrons. The second-order valence-electron chi connectivity index (χ2n) is 3.72. The zero-order valence-electron chi connectivity index (χ0n) is 10.6. The van der Waals surface area contributed by atoms with Gasteiger partial charge in [-0.2, -0.15) is 0 Å². The minimum Gasteiger partial charge on any atom is -0.504 e. The molecule has 0 unspecified atom stereocenters. The summed E-state index contributed by atoms with van der Waals surface area (Å²) in [5.74, 6) is 0.221. The van der Waals surface area contributed by atoms with E-state index < -0.39 is 0 Å². The Balaban J connectivity index is 2.49. The monoisotopic (exact) mass is 262 g/mol. The van der Waals surface area contributed by atoms with E-state index in [9.17, 15) is 10.2 Å². The average molecular weight is 262 g/mol. The normalized spacial score (nSPS) is 10.0.